The SMILES string of the molecule is CCC(N)(Cc1ccc(C(C)(C)C)cc1)C(C)C. The molecule has 0 aliphatic heterocycles. The Labute approximate surface area is 113 Å². The number of nitrogens with two attached hydrogens (primary N) is 1. The average Bonchev–Trinajstić information content (AvgIpc) is 2.28. The van der Waals surface area contributed by atoms with Gasteiger partial charge in [0.25, 0.3) is 0 Å². The first-order chi connectivity index (χ1) is 8.19. The summed E-state index contributed by atoms with van der Waals surface area (Å²) in [5.74, 6) is 0.504. The molecule has 18 heavy (non-hydrogen) atoms. The van der Waals surface area contributed by atoms with Gasteiger partial charge >= 0.3 is 0 Å². The maximum absolute atomic E-state index is 6.50. The van der Waals surface area contributed by atoms with Crippen LogP contribution in [0.2, 0.25) is 0 Å². The Morgan fingerprint density at radius 3 is 1.89 bits per heavy atom. The molecular formula is C17H29N. The van der Waals surface area contributed by atoms with Crippen LogP contribution in [-0.4, -0.2) is 5.54 Å². The van der Waals surface area contributed by atoms with E-state index < -0.39 is 0 Å². The fourth-order valence-corrected chi connectivity index (χ4v) is 2.24. The first-order valence-electron chi connectivity index (χ1n) is 7.07. The lowest BCUT2D eigenvalue weighted by Gasteiger charge is -2.33. The third kappa shape index (κ3) is 3.58. The van der Waals surface area contributed by atoms with Crippen LogP contribution >= 0.6 is 0 Å². The zero-order chi connectivity index (χ0) is 14.0. The first-order valence-corrected chi connectivity index (χ1v) is 7.07. The van der Waals surface area contributed by atoms with Gasteiger partial charge in [0.2, 0.25) is 0 Å². The summed E-state index contributed by atoms with van der Waals surface area (Å²) in [5, 5.41) is 0. The van der Waals surface area contributed by atoms with Gasteiger partial charge in [-0.15, -0.1) is 0 Å². The predicted molar refractivity (Wildman–Crippen MR) is 80.9 cm³/mol. The van der Waals surface area contributed by atoms with Gasteiger partial charge in [-0.3, -0.25) is 0 Å². The molecule has 1 nitrogen and oxygen atoms in total. The van der Waals surface area contributed by atoms with Gasteiger partial charge in [-0.25, -0.2) is 0 Å². The van der Waals surface area contributed by atoms with Gasteiger partial charge in [0, 0.05) is 5.54 Å². The molecular weight excluding hydrogens is 218 g/mol. The fourth-order valence-electron chi connectivity index (χ4n) is 2.24. The van der Waals surface area contributed by atoms with E-state index in [4.69, 9.17) is 5.73 Å². The van der Waals surface area contributed by atoms with Crippen LogP contribution in [0.15, 0.2) is 24.3 Å². The van der Waals surface area contributed by atoms with E-state index in [1.807, 2.05) is 0 Å². The number of hydrogen-bond donors (Lipinski definition) is 1. The highest BCUT2D eigenvalue weighted by Crippen LogP contribution is 2.26. The van der Waals surface area contributed by atoms with Gasteiger partial charge in [-0.2, -0.15) is 0 Å². The van der Waals surface area contributed by atoms with Crippen molar-refractivity contribution in [2.75, 3.05) is 0 Å². The van der Waals surface area contributed by atoms with E-state index in [0.717, 1.165) is 12.8 Å². The number of rotatable bonds is 4. The van der Waals surface area contributed by atoms with E-state index in [9.17, 15) is 0 Å². The molecule has 1 rings (SSSR count). The number of hydrogen-bond acceptors (Lipinski definition) is 1. The molecule has 0 spiro atoms. The molecule has 0 radical (unpaired) electrons. The van der Waals surface area contributed by atoms with Crippen molar-refractivity contribution in [3.63, 3.8) is 0 Å². The van der Waals surface area contributed by atoms with E-state index in [0.29, 0.717) is 5.92 Å². The van der Waals surface area contributed by atoms with Crippen molar-refractivity contribution >= 4 is 0 Å². The molecule has 0 aliphatic carbocycles. The molecule has 102 valence electrons. The lowest BCUT2D eigenvalue weighted by Crippen LogP contribution is -2.46. The summed E-state index contributed by atoms with van der Waals surface area (Å²) < 4.78 is 0. The van der Waals surface area contributed by atoms with Crippen molar-refractivity contribution in [2.45, 2.75) is 65.3 Å². The Bertz CT molecular complexity index is 370. The molecule has 0 amide bonds. The van der Waals surface area contributed by atoms with E-state index in [-0.39, 0.29) is 11.0 Å². The molecule has 0 aromatic heterocycles. The first kappa shape index (κ1) is 15.2. The van der Waals surface area contributed by atoms with E-state index >= 15 is 0 Å². The van der Waals surface area contributed by atoms with Crippen molar-refractivity contribution in [1.82, 2.24) is 0 Å². The molecule has 1 atom stereocenters. The van der Waals surface area contributed by atoms with E-state index in [1.165, 1.54) is 11.1 Å². The quantitative estimate of drug-likeness (QED) is 0.844. The van der Waals surface area contributed by atoms with Crippen LogP contribution < -0.4 is 5.73 Å². The van der Waals surface area contributed by atoms with Gasteiger partial charge < -0.3 is 5.73 Å². The lowest BCUT2D eigenvalue weighted by atomic mass is 9.79. The van der Waals surface area contributed by atoms with E-state index in [2.05, 4.69) is 65.8 Å². The minimum Gasteiger partial charge on any atom is -0.325 e. The van der Waals surface area contributed by atoms with Gasteiger partial charge in [0.1, 0.15) is 0 Å². The fraction of sp³-hybridized carbons (Fsp3) is 0.647. The standard InChI is InChI=1S/C17H29N/c1-7-17(18,13(2)3)12-14-8-10-15(11-9-14)16(4,5)6/h8-11,13H,7,12,18H2,1-6H3. The summed E-state index contributed by atoms with van der Waals surface area (Å²) >= 11 is 0. The molecule has 1 unspecified atom stereocenters. The zero-order valence-electron chi connectivity index (χ0n) is 12.9. The second-order valence-corrected chi connectivity index (χ2v) is 6.87. The normalized spacial score (nSPS) is 15.8. The molecule has 0 heterocycles. The third-order valence-corrected chi connectivity index (χ3v) is 4.16. The molecule has 0 aliphatic rings. The molecule has 2 N–H and O–H groups in total. The van der Waals surface area contributed by atoms with Gasteiger partial charge in [-0.1, -0.05) is 65.8 Å². The van der Waals surface area contributed by atoms with Crippen LogP contribution in [-0.2, 0) is 11.8 Å². The van der Waals surface area contributed by atoms with Crippen LogP contribution in [0.25, 0.3) is 0 Å². The van der Waals surface area contributed by atoms with Crippen molar-refractivity contribution in [1.29, 1.82) is 0 Å². The molecule has 1 aromatic carbocycles. The lowest BCUT2D eigenvalue weighted by molar-refractivity contribution is 0.296. The summed E-state index contributed by atoms with van der Waals surface area (Å²) in [4.78, 5) is 0. The van der Waals surface area contributed by atoms with Crippen LogP contribution in [0.1, 0.15) is 59.1 Å². The van der Waals surface area contributed by atoms with E-state index in [1.54, 1.807) is 0 Å². The third-order valence-electron chi connectivity index (χ3n) is 4.16. The molecule has 0 saturated carbocycles. The molecule has 1 heteroatoms. The second-order valence-electron chi connectivity index (χ2n) is 6.87. The Balaban J connectivity index is 2.87. The Morgan fingerprint density at radius 1 is 1.06 bits per heavy atom. The molecule has 0 saturated heterocycles. The predicted octanol–water partition coefficient (Wildman–Crippen LogP) is 4.29. The summed E-state index contributed by atoms with van der Waals surface area (Å²) in [6.07, 6.45) is 1.98. The summed E-state index contributed by atoms with van der Waals surface area (Å²) in [5.41, 5.74) is 9.37. The van der Waals surface area contributed by atoms with Gasteiger partial charge in [0.05, 0.1) is 0 Å². The highest BCUT2D eigenvalue weighted by molar-refractivity contribution is 5.28. The molecule has 1 aromatic rings. The van der Waals surface area contributed by atoms with Gasteiger partial charge in [0.15, 0.2) is 0 Å². The second kappa shape index (κ2) is 5.44. The minimum atomic E-state index is -0.0801. The van der Waals surface area contributed by atoms with Crippen LogP contribution in [0, 0.1) is 5.92 Å². The average molecular weight is 247 g/mol. The maximum Gasteiger partial charge on any atom is 0.0215 e. The minimum absolute atomic E-state index is 0.0801. The largest absolute Gasteiger partial charge is 0.325 e. The van der Waals surface area contributed by atoms with Crippen molar-refractivity contribution in [3.05, 3.63) is 35.4 Å². The Hall–Kier alpha value is -0.820. The highest BCUT2D eigenvalue weighted by atomic mass is 14.7. The Morgan fingerprint density at radius 2 is 1.56 bits per heavy atom. The topological polar surface area (TPSA) is 26.0 Å². The number of benzene rings is 1. The summed E-state index contributed by atoms with van der Waals surface area (Å²) in [6, 6.07) is 8.96. The van der Waals surface area contributed by atoms with Crippen molar-refractivity contribution in [3.8, 4) is 0 Å². The van der Waals surface area contributed by atoms with Crippen LogP contribution in [0.3, 0.4) is 0 Å². The smallest absolute Gasteiger partial charge is 0.0215 e. The van der Waals surface area contributed by atoms with Crippen molar-refractivity contribution in [2.24, 2.45) is 11.7 Å². The maximum atomic E-state index is 6.50. The van der Waals surface area contributed by atoms with Crippen molar-refractivity contribution < 1.29 is 0 Å². The van der Waals surface area contributed by atoms with Crippen LogP contribution in [0.5, 0.6) is 0 Å². The monoisotopic (exact) mass is 247 g/mol. The zero-order valence-corrected chi connectivity index (χ0v) is 12.9. The highest BCUT2D eigenvalue weighted by Gasteiger charge is 2.27. The Kier molecular flexibility index (Phi) is 4.61. The van der Waals surface area contributed by atoms with Crippen LogP contribution in [0.4, 0.5) is 0 Å². The molecule has 0 fully saturated rings. The summed E-state index contributed by atoms with van der Waals surface area (Å²) in [6.45, 7) is 13.4. The molecule has 0 bridgehead atoms. The summed E-state index contributed by atoms with van der Waals surface area (Å²) in [7, 11) is 0. The van der Waals surface area contributed by atoms with Gasteiger partial charge in [-0.05, 0) is 35.3 Å².